The highest BCUT2D eigenvalue weighted by atomic mass is 79.9. The first-order valence-corrected chi connectivity index (χ1v) is 6.22. The van der Waals surface area contributed by atoms with Gasteiger partial charge in [0.2, 0.25) is 0 Å². The van der Waals surface area contributed by atoms with E-state index in [1.54, 1.807) is 0 Å². The molecule has 0 aliphatic heterocycles. The van der Waals surface area contributed by atoms with Gasteiger partial charge < -0.3 is 16.8 Å². The van der Waals surface area contributed by atoms with Crippen LogP contribution in [0.3, 0.4) is 0 Å². The van der Waals surface area contributed by atoms with Crippen molar-refractivity contribution in [3.63, 3.8) is 0 Å². The van der Waals surface area contributed by atoms with Crippen LogP contribution in [0.4, 0.5) is 36.2 Å². The minimum absolute atomic E-state index is 0.0275. The van der Waals surface area contributed by atoms with E-state index in [2.05, 4.69) is 26.2 Å². The number of nitrogens with zero attached hydrogens (tertiary/aromatic N) is 1. The van der Waals surface area contributed by atoms with Crippen LogP contribution in [0.15, 0.2) is 34.8 Å². The molecular weight excluding hydrogens is 337 g/mol. The van der Waals surface area contributed by atoms with Gasteiger partial charge in [0.25, 0.3) is 0 Å². The smallest absolute Gasteiger partial charge is 0.396 e. The van der Waals surface area contributed by atoms with Gasteiger partial charge in [-0.1, -0.05) is 15.9 Å². The van der Waals surface area contributed by atoms with E-state index in [1.165, 1.54) is 24.3 Å². The number of nitrogens with two attached hydrogens (primary N) is 2. The number of halogens is 4. The van der Waals surface area contributed by atoms with Crippen LogP contribution in [0.2, 0.25) is 0 Å². The van der Waals surface area contributed by atoms with Gasteiger partial charge in [0.1, 0.15) is 11.6 Å². The van der Waals surface area contributed by atoms with Crippen molar-refractivity contribution >= 4 is 38.9 Å². The fraction of sp³-hybridized carbons (Fsp3) is 0.0833. The number of hydrogen-bond donors (Lipinski definition) is 3. The van der Waals surface area contributed by atoms with Crippen LogP contribution in [-0.4, -0.2) is 4.98 Å². The summed E-state index contributed by atoms with van der Waals surface area (Å²) in [5.41, 5.74) is 10.8. The lowest BCUT2D eigenvalue weighted by Crippen LogP contribution is -2.07. The van der Waals surface area contributed by atoms with E-state index >= 15 is 0 Å². The monoisotopic (exact) mass is 346 g/mol. The predicted molar refractivity (Wildman–Crippen MR) is 75.5 cm³/mol. The molecule has 0 aliphatic rings. The molecule has 5 N–H and O–H groups in total. The molecule has 0 amide bonds. The summed E-state index contributed by atoms with van der Waals surface area (Å²) in [4.78, 5) is 3.93. The molecule has 1 aromatic heterocycles. The van der Waals surface area contributed by atoms with Gasteiger partial charge in [-0.15, -0.1) is 0 Å². The maximum absolute atomic E-state index is 12.8. The average molecular weight is 347 g/mol. The van der Waals surface area contributed by atoms with Gasteiger partial charge in [-0.25, -0.2) is 4.98 Å². The van der Waals surface area contributed by atoms with E-state index in [-0.39, 0.29) is 16.0 Å². The minimum Gasteiger partial charge on any atom is -0.396 e. The normalized spacial score (nSPS) is 11.4. The number of hydrogen-bond acceptors (Lipinski definition) is 4. The highest BCUT2D eigenvalue weighted by Gasteiger charge is 2.33. The molecule has 0 fully saturated rings. The number of aromatic nitrogens is 1. The molecule has 0 bridgehead atoms. The second-order valence-corrected chi connectivity index (χ2v) is 4.84. The van der Waals surface area contributed by atoms with Gasteiger partial charge in [0.05, 0.1) is 11.3 Å². The SMILES string of the molecule is Nc1ccc(Nc2ccc(Br)c(C(F)(F)F)c2)nc1N. The van der Waals surface area contributed by atoms with E-state index in [1.807, 2.05) is 0 Å². The molecule has 20 heavy (non-hydrogen) atoms. The molecule has 0 saturated carbocycles. The van der Waals surface area contributed by atoms with E-state index in [0.717, 1.165) is 6.07 Å². The fourth-order valence-electron chi connectivity index (χ4n) is 1.52. The molecule has 0 spiro atoms. The molecule has 0 atom stereocenters. The molecule has 4 nitrogen and oxygen atoms in total. The third-order valence-electron chi connectivity index (χ3n) is 2.50. The summed E-state index contributed by atoms with van der Waals surface area (Å²) in [6.45, 7) is 0. The van der Waals surface area contributed by atoms with E-state index in [0.29, 0.717) is 11.5 Å². The number of benzene rings is 1. The molecular formula is C12H10BrF3N4. The number of rotatable bonds is 2. The maximum atomic E-state index is 12.8. The van der Waals surface area contributed by atoms with Crippen molar-refractivity contribution in [3.05, 3.63) is 40.4 Å². The van der Waals surface area contributed by atoms with Crippen LogP contribution in [-0.2, 0) is 6.18 Å². The minimum atomic E-state index is -4.44. The molecule has 0 aliphatic carbocycles. The summed E-state index contributed by atoms with van der Waals surface area (Å²) < 4.78 is 38.3. The van der Waals surface area contributed by atoms with Gasteiger partial charge in [-0.05, 0) is 30.3 Å². The zero-order valence-electron chi connectivity index (χ0n) is 10.0. The maximum Gasteiger partial charge on any atom is 0.417 e. The third-order valence-corrected chi connectivity index (χ3v) is 3.19. The summed E-state index contributed by atoms with van der Waals surface area (Å²) in [6.07, 6.45) is -4.44. The van der Waals surface area contributed by atoms with E-state index in [4.69, 9.17) is 11.5 Å². The number of anilines is 4. The van der Waals surface area contributed by atoms with Gasteiger partial charge in [0, 0.05) is 10.2 Å². The summed E-state index contributed by atoms with van der Waals surface area (Å²) >= 11 is 2.87. The molecule has 0 radical (unpaired) electrons. The third kappa shape index (κ3) is 3.13. The standard InChI is InChI=1S/C12H10BrF3N4/c13-8-2-1-6(5-7(8)12(14,15)16)19-10-4-3-9(17)11(18)20-10/h1-5H,17H2,(H3,18,19,20). The van der Waals surface area contributed by atoms with Crippen molar-refractivity contribution in [2.75, 3.05) is 16.8 Å². The molecule has 1 aromatic carbocycles. The summed E-state index contributed by atoms with van der Waals surface area (Å²) in [5, 5.41) is 2.74. The highest BCUT2D eigenvalue weighted by Crippen LogP contribution is 2.36. The second-order valence-electron chi connectivity index (χ2n) is 3.99. The Bertz CT molecular complexity index is 643. The Morgan fingerprint density at radius 2 is 1.80 bits per heavy atom. The zero-order valence-corrected chi connectivity index (χ0v) is 11.6. The number of alkyl halides is 3. The van der Waals surface area contributed by atoms with Gasteiger partial charge in [-0.2, -0.15) is 13.2 Å². The molecule has 0 saturated heterocycles. The van der Waals surface area contributed by atoms with Crippen LogP contribution in [0.25, 0.3) is 0 Å². The summed E-state index contributed by atoms with van der Waals surface area (Å²) in [5.74, 6) is 0.426. The first-order valence-electron chi connectivity index (χ1n) is 5.43. The Hall–Kier alpha value is -1.96. The fourth-order valence-corrected chi connectivity index (χ4v) is 1.99. The molecule has 0 unspecified atom stereocenters. The van der Waals surface area contributed by atoms with Crippen LogP contribution >= 0.6 is 15.9 Å². The summed E-state index contributed by atoms with van der Waals surface area (Å²) in [6, 6.07) is 6.84. The molecule has 2 aromatic rings. The van der Waals surface area contributed by atoms with E-state index in [9.17, 15) is 13.2 Å². The second kappa shape index (κ2) is 5.20. The number of pyridine rings is 1. The zero-order chi connectivity index (χ0) is 14.9. The summed E-state index contributed by atoms with van der Waals surface area (Å²) in [7, 11) is 0. The lowest BCUT2D eigenvalue weighted by atomic mass is 10.2. The lowest BCUT2D eigenvalue weighted by Gasteiger charge is -2.12. The van der Waals surface area contributed by atoms with Crippen molar-refractivity contribution in [2.45, 2.75) is 6.18 Å². The van der Waals surface area contributed by atoms with Gasteiger partial charge in [0.15, 0.2) is 0 Å². The van der Waals surface area contributed by atoms with Gasteiger partial charge in [-0.3, -0.25) is 0 Å². The molecule has 2 rings (SSSR count). The molecule has 1 heterocycles. The quantitative estimate of drug-likeness (QED) is 0.773. The Kier molecular flexibility index (Phi) is 3.76. The first kappa shape index (κ1) is 14.4. The first-order chi connectivity index (χ1) is 9.27. The van der Waals surface area contributed by atoms with Crippen LogP contribution in [0, 0.1) is 0 Å². The van der Waals surface area contributed by atoms with Crippen molar-refractivity contribution in [1.82, 2.24) is 4.98 Å². The topological polar surface area (TPSA) is 77.0 Å². The van der Waals surface area contributed by atoms with Crippen LogP contribution in [0.5, 0.6) is 0 Å². The Labute approximate surface area is 121 Å². The van der Waals surface area contributed by atoms with Crippen molar-refractivity contribution in [3.8, 4) is 0 Å². The van der Waals surface area contributed by atoms with Crippen molar-refractivity contribution < 1.29 is 13.2 Å². The Balaban J connectivity index is 2.32. The average Bonchev–Trinajstić information content (AvgIpc) is 2.35. The number of nitrogens with one attached hydrogen (secondary N) is 1. The molecule has 106 valence electrons. The van der Waals surface area contributed by atoms with Crippen molar-refractivity contribution in [2.24, 2.45) is 0 Å². The number of nitrogen functional groups attached to an aromatic ring is 2. The highest BCUT2D eigenvalue weighted by molar-refractivity contribution is 9.10. The van der Waals surface area contributed by atoms with Gasteiger partial charge >= 0.3 is 6.18 Å². The predicted octanol–water partition coefficient (Wildman–Crippen LogP) is 3.77. The van der Waals surface area contributed by atoms with E-state index < -0.39 is 11.7 Å². The Morgan fingerprint density at radius 1 is 1.10 bits per heavy atom. The largest absolute Gasteiger partial charge is 0.417 e. The molecule has 8 heteroatoms. The van der Waals surface area contributed by atoms with Crippen molar-refractivity contribution in [1.29, 1.82) is 0 Å². The Morgan fingerprint density at radius 3 is 2.40 bits per heavy atom. The van der Waals surface area contributed by atoms with Crippen LogP contribution in [0.1, 0.15) is 5.56 Å². The van der Waals surface area contributed by atoms with Crippen LogP contribution < -0.4 is 16.8 Å². The lowest BCUT2D eigenvalue weighted by molar-refractivity contribution is -0.138.